The van der Waals surface area contributed by atoms with E-state index in [1.54, 1.807) is 18.4 Å². The number of amides is 1. The fourth-order valence-corrected chi connectivity index (χ4v) is 7.30. The molecule has 39 heavy (non-hydrogen) atoms. The average molecular weight is 547 g/mol. The van der Waals surface area contributed by atoms with Crippen LogP contribution in [0.4, 0.5) is 5.13 Å². The number of anilines is 1. The van der Waals surface area contributed by atoms with Gasteiger partial charge >= 0.3 is 0 Å². The molecule has 208 valence electrons. The molecule has 1 heterocycles. The van der Waals surface area contributed by atoms with Gasteiger partial charge in [0.1, 0.15) is 5.75 Å². The molecule has 5 rings (SSSR count). The SMILES string of the molecule is CCCN(CCC1CCC(NC(=O)c2ccc(-c3ccccc3OC)cc2)CC1)C1CCc2nc(N)sc2C1. The van der Waals surface area contributed by atoms with Gasteiger partial charge < -0.3 is 20.7 Å². The number of nitrogens with one attached hydrogen (secondary N) is 1. The Bertz CT molecular complexity index is 1230. The third-order valence-corrected chi connectivity index (χ3v) is 9.48. The van der Waals surface area contributed by atoms with Crippen LogP contribution in [-0.2, 0) is 12.8 Å². The Hall–Kier alpha value is -2.90. The van der Waals surface area contributed by atoms with Gasteiger partial charge in [0.25, 0.3) is 5.91 Å². The van der Waals surface area contributed by atoms with Crippen LogP contribution in [0.1, 0.15) is 72.8 Å². The lowest BCUT2D eigenvalue weighted by atomic mass is 9.83. The first-order valence-corrected chi connectivity index (χ1v) is 15.4. The number of carbonyl (C=O) groups excluding carboxylic acids is 1. The molecule has 1 atom stereocenters. The summed E-state index contributed by atoms with van der Waals surface area (Å²) in [6.45, 7) is 4.61. The molecule has 1 fully saturated rings. The number of hydrogen-bond acceptors (Lipinski definition) is 6. The number of nitrogens with two attached hydrogens (primary N) is 1. The number of rotatable bonds is 10. The second kappa shape index (κ2) is 13.0. The molecule has 1 unspecified atom stereocenters. The summed E-state index contributed by atoms with van der Waals surface area (Å²) in [6, 6.07) is 16.7. The van der Waals surface area contributed by atoms with E-state index in [2.05, 4.69) is 22.1 Å². The third kappa shape index (κ3) is 6.82. The molecule has 1 saturated carbocycles. The monoisotopic (exact) mass is 546 g/mol. The Kier molecular flexibility index (Phi) is 9.20. The normalized spacial score (nSPS) is 20.9. The molecule has 3 aromatic rings. The largest absolute Gasteiger partial charge is 0.496 e. The minimum Gasteiger partial charge on any atom is -0.496 e. The Morgan fingerprint density at radius 1 is 1.08 bits per heavy atom. The first kappa shape index (κ1) is 27.7. The molecule has 6 nitrogen and oxygen atoms in total. The van der Waals surface area contributed by atoms with E-state index in [1.807, 2.05) is 48.5 Å². The highest BCUT2D eigenvalue weighted by atomic mass is 32.1. The van der Waals surface area contributed by atoms with E-state index in [0.29, 0.717) is 11.6 Å². The minimum absolute atomic E-state index is 0.0273. The topological polar surface area (TPSA) is 80.5 Å². The highest BCUT2D eigenvalue weighted by Crippen LogP contribution is 2.33. The molecule has 0 saturated heterocycles. The van der Waals surface area contributed by atoms with E-state index in [9.17, 15) is 4.79 Å². The highest BCUT2D eigenvalue weighted by Gasteiger charge is 2.28. The number of fused-ring (bicyclic) bond motifs is 1. The predicted molar refractivity (Wildman–Crippen MR) is 160 cm³/mol. The lowest BCUT2D eigenvalue weighted by molar-refractivity contribution is 0.0918. The molecule has 0 aliphatic heterocycles. The second-order valence-corrected chi connectivity index (χ2v) is 12.2. The van der Waals surface area contributed by atoms with Crippen molar-refractivity contribution in [3.8, 4) is 16.9 Å². The van der Waals surface area contributed by atoms with Crippen molar-refractivity contribution >= 4 is 22.4 Å². The fraction of sp³-hybridized carbons (Fsp3) is 0.500. The highest BCUT2D eigenvalue weighted by molar-refractivity contribution is 7.15. The zero-order valence-electron chi connectivity index (χ0n) is 23.3. The van der Waals surface area contributed by atoms with Crippen molar-refractivity contribution < 1.29 is 9.53 Å². The van der Waals surface area contributed by atoms with Crippen molar-refractivity contribution in [2.75, 3.05) is 25.9 Å². The van der Waals surface area contributed by atoms with E-state index >= 15 is 0 Å². The molecule has 0 spiro atoms. The van der Waals surface area contributed by atoms with E-state index in [4.69, 9.17) is 10.5 Å². The maximum absolute atomic E-state index is 13.0. The summed E-state index contributed by atoms with van der Waals surface area (Å²) >= 11 is 1.68. The van der Waals surface area contributed by atoms with Gasteiger partial charge in [0.2, 0.25) is 0 Å². The standard InChI is InChI=1S/C32H42N4O2S/c1-3-19-36(26-16-17-28-30(21-26)39-32(33)35-28)20-18-22-8-14-25(15-9-22)34-31(37)24-12-10-23(11-13-24)27-6-4-5-7-29(27)38-2/h4-7,10-13,22,25-26H,3,8-9,14-21H2,1-2H3,(H2,33,35)(H,34,37). The van der Waals surface area contributed by atoms with E-state index < -0.39 is 0 Å². The Labute approximate surface area is 237 Å². The van der Waals surface area contributed by atoms with Gasteiger partial charge in [0, 0.05) is 28.1 Å². The lowest BCUT2D eigenvalue weighted by Gasteiger charge is -2.36. The molecule has 0 bridgehead atoms. The Morgan fingerprint density at radius 3 is 2.59 bits per heavy atom. The van der Waals surface area contributed by atoms with Gasteiger partial charge in [-0.3, -0.25) is 4.79 Å². The van der Waals surface area contributed by atoms with Crippen molar-refractivity contribution in [2.24, 2.45) is 5.92 Å². The summed E-state index contributed by atoms with van der Waals surface area (Å²) in [7, 11) is 1.68. The molecule has 2 aliphatic carbocycles. The lowest BCUT2D eigenvalue weighted by Crippen LogP contribution is -2.41. The van der Waals surface area contributed by atoms with Gasteiger partial charge in [-0.2, -0.15) is 0 Å². The van der Waals surface area contributed by atoms with Crippen LogP contribution in [0.15, 0.2) is 48.5 Å². The van der Waals surface area contributed by atoms with Crippen LogP contribution in [0.2, 0.25) is 0 Å². The van der Waals surface area contributed by atoms with E-state index in [-0.39, 0.29) is 11.9 Å². The molecular formula is C32H42N4O2S. The Morgan fingerprint density at radius 2 is 1.85 bits per heavy atom. The number of methoxy groups -OCH3 is 1. The number of aromatic nitrogens is 1. The van der Waals surface area contributed by atoms with Gasteiger partial charge in [-0.15, -0.1) is 11.3 Å². The summed E-state index contributed by atoms with van der Waals surface area (Å²) in [5.41, 5.74) is 10.00. The van der Waals surface area contributed by atoms with Crippen molar-refractivity contribution in [3.05, 3.63) is 64.7 Å². The summed E-state index contributed by atoms with van der Waals surface area (Å²) in [6.07, 6.45) is 10.3. The van der Waals surface area contributed by atoms with Crippen LogP contribution in [0.3, 0.4) is 0 Å². The number of aryl methyl sites for hydroxylation is 1. The summed E-state index contributed by atoms with van der Waals surface area (Å²) in [4.78, 5) is 21.6. The van der Waals surface area contributed by atoms with Crippen LogP contribution in [0.25, 0.3) is 11.1 Å². The average Bonchev–Trinajstić information content (AvgIpc) is 3.35. The van der Waals surface area contributed by atoms with Crippen molar-refractivity contribution in [1.82, 2.24) is 15.2 Å². The predicted octanol–water partition coefficient (Wildman–Crippen LogP) is 6.35. The molecule has 3 N–H and O–H groups in total. The zero-order valence-corrected chi connectivity index (χ0v) is 24.1. The summed E-state index contributed by atoms with van der Waals surface area (Å²) < 4.78 is 5.49. The van der Waals surface area contributed by atoms with Gasteiger partial charge in [-0.05, 0) is 101 Å². The van der Waals surface area contributed by atoms with Gasteiger partial charge in [0.05, 0.1) is 12.8 Å². The van der Waals surface area contributed by atoms with Crippen molar-refractivity contribution in [2.45, 2.75) is 76.8 Å². The molecule has 0 radical (unpaired) electrons. The third-order valence-electron chi connectivity index (χ3n) is 8.53. The van der Waals surface area contributed by atoms with Crippen LogP contribution in [0, 0.1) is 5.92 Å². The first-order valence-electron chi connectivity index (χ1n) is 14.6. The van der Waals surface area contributed by atoms with Gasteiger partial charge in [0.15, 0.2) is 5.13 Å². The molecular weight excluding hydrogens is 504 g/mol. The molecule has 1 aromatic heterocycles. The number of ether oxygens (including phenoxy) is 1. The minimum atomic E-state index is 0.0273. The van der Waals surface area contributed by atoms with Gasteiger partial charge in [-0.1, -0.05) is 37.3 Å². The number of para-hydroxylation sites is 1. The van der Waals surface area contributed by atoms with Crippen molar-refractivity contribution in [3.63, 3.8) is 0 Å². The van der Waals surface area contributed by atoms with Crippen LogP contribution in [-0.4, -0.2) is 48.1 Å². The second-order valence-electron chi connectivity index (χ2n) is 11.1. The molecule has 1 amide bonds. The number of nitrogen functional groups attached to an aromatic ring is 1. The molecule has 2 aliphatic rings. The number of nitrogens with zero attached hydrogens (tertiary/aromatic N) is 2. The number of benzene rings is 2. The fourth-order valence-electron chi connectivity index (χ4n) is 6.35. The van der Waals surface area contributed by atoms with E-state index in [1.165, 1.54) is 49.2 Å². The molecule has 7 heteroatoms. The van der Waals surface area contributed by atoms with Crippen LogP contribution >= 0.6 is 11.3 Å². The smallest absolute Gasteiger partial charge is 0.251 e. The van der Waals surface area contributed by atoms with Gasteiger partial charge in [-0.25, -0.2) is 4.98 Å². The maximum Gasteiger partial charge on any atom is 0.251 e. The maximum atomic E-state index is 13.0. The van der Waals surface area contributed by atoms with Crippen molar-refractivity contribution in [1.29, 1.82) is 0 Å². The summed E-state index contributed by atoms with van der Waals surface area (Å²) in [5.74, 6) is 1.61. The number of hydrogen-bond donors (Lipinski definition) is 2. The molecule has 2 aromatic carbocycles. The van der Waals surface area contributed by atoms with Crippen LogP contribution in [0.5, 0.6) is 5.75 Å². The Balaban J connectivity index is 1.08. The zero-order chi connectivity index (χ0) is 27.2. The quantitative estimate of drug-likeness (QED) is 0.310. The summed E-state index contributed by atoms with van der Waals surface area (Å²) in [5, 5.41) is 4.02. The number of carbonyl (C=O) groups is 1. The number of thiazole rings is 1. The first-order chi connectivity index (χ1) is 19.0. The van der Waals surface area contributed by atoms with E-state index in [0.717, 1.165) is 60.2 Å². The van der Waals surface area contributed by atoms with Crippen LogP contribution < -0.4 is 15.8 Å².